The molecule has 0 spiro atoms. The van der Waals surface area contributed by atoms with Gasteiger partial charge in [0.15, 0.2) is 0 Å². The second-order valence-electron chi connectivity index (χ2n) is 5.84. The summed E-state index contributed by atoms with van der Waals surface area (Å²) in [6.07, 6.45) is 3.63. The molecule has 0 heterocycles. The van der Waals surface area contributed by atoms with E-state index in [1.165, 1.54) is 0 Å². The second kappa shape index (κ2) is 6.28. The average molecular weight is 299 g/mol. The highest BCUT2D eigenvalue weighted by Gasteiger charge is 2.29. The van der Waals surface area contributed by atoms with Crippen LogP contribution in [-0.2, 0) is 11.2 Å². The van der Waals surface area contributed by atoms with E-state index in [0.717, 1.165) is 30.7 Å². The zero-order valence-corrected chi connectivity index (χ0v) is 13.0. The molecule has 2 rings (SSSR count). The molecule has 0 amide bonds. The third-order valence-electron chi connectivity index (χ3n) is 4.43. The topological polar surface area (TPSA) is 17.1 Å². The minimum Gasteiger partial charge on any atom is -0.299 e. The van der Waals surface area contributed by atoms with Crippen molar-refractivity contribution in [3.05, 3.63) is 33.8 Å². The molecule has 0 radical (unpaired) electrons. The lowest BCUT2D eigenvalue weighted by Crippen LogP contribution is -2.27. The van der Waals surface area contributed by atoms with Crippen LogP contribution >= 0.6 is 23.2 Å². The van der Waals surface area contributed by atoms with E-state index in [4.69, 9.17) is 23.2 Å². The quantitative estimate of drug-likeness (QED) is 0.752. The van der Waals surface area contributed by atoms with Gasteiger partial charge in [-0.2, -0.15) is 0 Å². The van der Waals surface area contributed by atoms with Crippen LogP contribution in [0.15, 0.2) is 18.2 Å². The van der Waals surface area contributed by atoms with Crippen molar-refractivity contribution in [1.82, 2.24) is 0 Å². The first-order chi connectivity index (χ1) is 8.97. The van der Waals surface area contributed by atoms with Gasteiger partial charge in [-0.3, -0.25) is 4.79 Å². The van der Waals surface area contributed by atoms with Crippen LogP contribution < -0.4 is 0 Å². The molecular weight excluding hydrogens is 279 g/mol. The number of carbonyl (C=O) groups is 1. The molecule has 0 saturated heterocycles. The molecule has 3 unspecified atom stereocenters. The maximum atomic E-state index is 12.4. The Kier molecular flexibility index (Phi) is 4.92. The van der Waals surface area contributed by atoms with E-state index in [0.29, 0.717) is 28.2 Å². The Morgan fingerprint density at radius 1 is 1.21 bits per heavy atom. The summed E-state index contributed by atoms with van der Waals surface area (Å²) in [6.45, 7) is 4.53. The molecule has 1 fully saturated rings. The summed E-state index contributed by atoms with van der Waals surface area (Å²) in [5, 5.41) is 1.21. The van der Waals surface area contributed by atoms with Gasteiger partial charge in [0.05, 0.1) is 0 Å². The predicted molar refractivity (Wildman–Crippen MR) is 80.8 cm³/mol. The van der Waals surface area contributed by atoms with Crippen molar-refractivity contribution in [3.63, 3.8) is 0 Å². The van der Waals surface area contributed by atoms with E-state index in [9.17, 15) is 4.79 Å². The summed E-state index contributed by atoms with van der Waals surface area (Å²) in [7, 11) is 0. The number of rotatable bonds is 3. The molecule has 0 bridgehead atoms. The molecule has 1 aromatic carbocycles. The van der Waals surface area contributed by atoms with E-state index in [2.05, 4.69) is 13.8 Å². The summed E-state index contributed by atoms with van der Waals surface area (Å²) in [6, 6.07) is 5.36. The first kappa shape index (κ1) is 14.9. The number of hydrogen-bond donors (Lipinski definition) is 0. The van der Waals surface area contributed by atoms with E-state index in [-0.39, 0.29) is 5.92 Å². The lowest BCUT2D eigenvalue weighted by Gasteiger charge is -2.31. The Morgan fingerprint density at radius 2 is 1.95 bits per heavy atom. The number of ketones is 1. The molecule has 1 aromatic rings. The molecule has 0 aromatic heterocycles. The molecule has 3 heteroatoms. The number of hydrogen-bond acceptors (Lipinski definition) is 1. The van der Waals surface area contributed by atoms with E-state index < -0.39 is 0 Å². The number of Topliss-reactive ketones (excluding diaryl/α,β-unsaturated/α-hetero) is 1. The fourth-order valence-electron chi connectivity index (χ4n) is 2.84. The largest absolute Gasteiger partial charge is 0.299 e. The zero-order chi connectivity index (χ0) is 14.0. The Bertz CT molecular complexity index is 470. The van der Waals surface area contributed by atoms with Crippen LogP contribution in [0, 0.1) is 17.8 Å². The van der Waals surface area contributed by atoms with Crippen LogP contribution in [0.4, 0.5) is 0 Å². The molecule has 1 aliphatic rings. The highest BCUT2D eigenvalue weighted by atomic mass is 35.5. The van der Waals surface area contributed by atoms with Gasteiger partial charge in [-0.15, -0.1) is 0 Å². The molecule has 0 aliphatic heterocycles. The fourth-order valence-corrected chi connectivity index (χ4v) is 3.31. The predicted octanol–water partition coefficient (Wildman–Crippen LogP) is 5.18. The van der Waals surface area contributed by atoms with E-state index >= 15 is 0 Å². The summed E-state index contributed by atoms with van der Waals surface area (Å²) in [4.78, 5) is 12.4. The second-order valence-corrected chi connectivity index (χ2v) is 6.69. The SMILES string of the molecule is CC1CCC(C(=O)Cc2ccc(Cl)cc2Cl)CC1C. The Labute approximate surface area is 125 Å². The van der Waals surface area contributed by atoms with Crippen molar-refractivity contribution in [2.24, 2.45) is 17.8 Å². The molecule has 104 valence electrons. The Hall–Kier alpha value is -0.530. The van der Waals surface area contributed by atoms with Gasteiger partial charge in [0.1, 0.15) is 5.78 Å². The van der Waals surface area contributed by atoms with Gasteiger partial charge in [0, 0.05) is 22.4 Å². The smallest absolute Gasteiger partial charge is 0.140 e. The highest BCUT2D eigenvalue weighted by molar-refractivity contribution is 6.35. The van der Waals surface area contributed by atoms with Crippen molar-refractivity contribution in [2.45, 2.75) is 39.5 Å². The summed E-state index contributed by atoms with van der Waals surface area (Å²) < 4.78 is 0. The number of benzene rings is 1. The molecule has 3 atom stereocenters. The monoisotopic (exact) mass is 298 g/mol. The third-order valence-corrected chi connectivity index (χ3v) is 5.02. The van der Waals surface area contributed by atoms with Gasteiger partial charge < -0.3 is 0 Å². The third kappa shape index (κ3) is 3.73. The molecule has 0 N–H and O–H groups in total. The van der Waals surface area contributed by atoms with Crippen molar-refractivity contribution in [2.75, 3.05) is 0 Å². The average Bonchev–Trinajstić information content (AvgIpc) is 2.36. The van der Waals surface area contributed by atoms with Crippen LogP contribution in [0.3, 0.4) is 0 Å². The standard InChI is InChI=1S/C16H20Cl2O/c1-10-3-4-13(7-11(10)2)16(19)8-12-5-6-14(17)9-15(12)18/h5-6,9-11,13H,3-4,7-8H2,1-2H3. The van der Waals surface area contributed by atoms with Crippen molar-refractivity contribution in [1.29, 1.82) is 0 Å². The molecule has 1 aliphatic carbocycles. The number of carbonyl (C=O) groups excluding carboxylic acids is 1. The van der Waals surface area contributed by atoms with Crippen LogP contribution in [-0.4, -0.2) is 5.78 Å². The maximum absolute atomic E-state index is 12.4. The van der Waals surface area contributed by atoms with Gasteiger partial charge in [-0.25, -0.2) is 0 Å². The lowest BCUT2D eigenvalue weighted by atomic mass is 9.73. The minimum atomic E-state index is 0.206. The normalized spacial score (nSPS) is 27.3. The van der Waals surface area contributed by atoms with Gasteiger partial charge in [0.25, 0.3) is 0 Å². The fraction of sp³-hybridized carbons (Fsp3) is 0.562. The molecule has 19 heavy (non-hydrogen) atoms. The highest BCUT2D eigenvalue weighted by Crippen LogP contribution is 2.34. The van der Waals surface area contributed by atoms with E-state index in [1.807, 2.05) is 6.07 Å². The van der Waals surface area contributed by atoms with Crippen LogP contribution in [0.25, 0.3) is 0 Å². The maximum Gasteiger partial charge on any atom is 0.140 e. The molecule has 1 nitrogen and oxygen atoms in total. The van der Waals surface area contributed by atoms with Gasteiger partial charge in [-0.05, 0) is 48.8 Å². The van der Waals surface area contributed by atoms with Crippen molar-refractivity contribution < 1.29 is 4.79 Å². The molecular formula is C16H20Cl2O. The van der Waals surface area contributed by atoms with Gasteiger partial charge in [0.2, 0.25) is 0 Å². The van der Waals surface area contributed by atoms with Crippen molar-refractivity contribution >= 4 is 29.0 Å². The van der Waals surface area contributed by atoms with E-state index in [1.54, 1.807) is 12.1 Å². The lowest BCUT2D eigenvalue weighted by molar-refractivity contribution is -0.123. The Balaban J connectivity index is 2.01. The van der Waals surface area contributed by atoms with Crippen LogP contribution in [0.2, 0.25) is 10.0 Å². The first-order valence-corrected chi connectivity index (χ1v) is 7.69. The van der Waals surface area contributed by atoms with Gasteiger partial charge in [-0.1, -0.05) is 43.1 Å². The van der Waals surface area contributed by atoms with Crippen LogP contribution in [0.1, 0.15) is 38.7 Å². The van der Waals surface area contributed by atoms with Gasteiger partial charge >= 0.3 is 0 Å². The van der Waals surface area contributed by atoms with Crippen molar-refractivity contribution in [3.8, 4) is 0 Å². The summed E-state index contributed by atoms with van der Waals surface area (Å²) >= 11 is 12.0. The number of halogens is 2. The summed E-state index contributed by atoms with van der Waals surface area (Å²) in [5.41, 5.74) is 0.891. The summed E-state index contributed by atoms with van der Waals surface area (Å²) in [5.74, 6) is 1.91. The first-order valence-electron chi connectivity index (χ1n) is 6.94. The zero-order valence-electron chi connectivity index (χ0n) is 11.5. The minimum absolute atomic E-state index is 0.206. The molecule has 1 saturated carbocycles. The Morgan fingerprint density at radius 3 is 2.58 bits per heavy atom. The van der Waals surface area contributed by atoms with Crippen LogP contribution in [0.5, 0.6) is 0 Å².